The molecule has 0 unspecified atom stereocenters. The lowest BCUT2D eigenvalue weighted by Crippen LogP contribution is -2.13. The van der Waals surface area contributed by atoms with Gasteiger partial charge in [-0.15, -0.1) is 0 Å². The van der Waals surface area contributed by atoms with Crippen LogP contribution in [0, 0.1) is 0 Å². The largest absolute Gasteiger partial charge is 0.388 e. The van der Waals surface area contributed by atoms with Crippen LogP contribution in [0.2, 0.25) is 0 Å². The van der Waals surface area contributed by atoms with Gasteiger partial charge in [-0.2, -0.15) is 0 Å². The van der Waals surface area contributed by atoms with E-state index in [2.05, 4.69) is 4.98 Å². The Labute approximate surface area is 127 Å². The molecule has 5 nitrogen and oxygen atoms in total. The third-order valence-corrected chi connectivity index (χ3v) is 4.97. The summed E-state index contributed by atoms with van der Waals surface area (Å²) in [5.74, 6) is 0. The molecule has 2 heterocycles. The van der Waals surface area contributed by atoms with Crippen LogP contribution in [0.25, 0.3) is 11.0 Å². The summed E-state index contributed by atoms with van der Waals surface area (Å²) in [7, 11) is -3.64. The van der Waals surface area contributed by atoms with Crippen molar-refractivity contribution in [2.75, 3.05) is 0 Å². The van der Waals surface area contributed by atoms with Gasteiger partial charge in [-0.1, -0.05) is 30.4 Å². The van der Waals surface area contributed by atoms with Crippen LogP contribution in [0.5, 0.6) is 0 Å². The standard InChI is InChI=1S/C14H11N3O2S2/c15-14(20)12-6-7-13-11(16-12)8-9-17(13)21(18,19)10-4-2-1-3-5-10/h1-9H,(H2,15,20). The minimum atomic E-state index is -3.64. The second-order valence-electron chi connectivity index (χ2n) is 4.39. The fourth-order valence-electron chi connectivity index (χ4n) is 2.05. The average Bonchev–Trinajstić information content (AvgIpc) is 2.91. The number of nitrogens with two attached hydrogens (primary N) is 1. The van der Waals surface area contributed by atoms with Gasteiger partial charge < -0.3 is 5.73 Å². The molecule has 0 saturated carbocycles. The van der Waals surface area contributed by atoms with E-state index in [1.165, 1.54) is 10.2 Å². The summed E-state index contributed by atoms with van der Waals surface area (Å²) in [5.41, 5.74) is 7.01. The molecule has 3 aromatic rings. The highest BCUT2D eigenvalue weighted by Gasteiger charge is 2.19. The molecule has 1 aromatic carbocycles. The van der Waals surface area contributed by atoms with Crippen molar-refractivity contribution >= 4 is 38.3 Å². The molecule has 3 rings (SSSR count). The van der Waals surface area contributed by atoms with Crippen LogP contribution < -0.4 is 5.73 Å². The van der Waals surface area contributed by atoms with Crippen LogP contribution >= 0.6 is 12.2 Å². The maximum atomic E-state index is 12.6. The molecule has 0 radical (unpaired) electrons. The van der Waals surface area contributed by atoms with Gasteiger partial charge in [0.05, 0.1) is 21.6 Å². The molecule has 0 fully saturated rings. The Morgan fingerprint density at radius 2 is 1.81 bits per heavy atom. The summed E-state index contributed by atoms with van der Waals surface area (Å²) >= 11 is 4.87. The van der Waals surface area contributed by atoms with E-state index in [1.807, 2.05) is 0 Å². The summed E-state index contributed by atoms with van der Waals surface area (Å²) in [6.07, 6.45) is 1.48. The minimum absolute atomic E-state index is 0.176. The third kappa shape index (κ3) is 2.30. The SMILES string of the molecule is NC(=S)c1ccc2c(ccn2S(=O)(=O)c2ccccc2)n1. The lowest BCUT2D eigenvalue weighted by atomic mass is 10.3. The van der Waals surface area contributed by atoms with Crippen LogP contribution in [0.3, 0.4) is 0 Å². The maximum absolute atomic E-state index is 12.6. The van der Waals surface area contributed by atoms with Crippen LogP contribution in [-0.2, 0) is 10.0 Å². The zero-order valence-electron chi connectivity index (χ0n) is 10.8. The Hall–Kier alpha value is -2.25. The van der Waals surface area contributed by atoms with Gasteiger partial charge in [0.2, 0.25) is 0 Å². The normalized spacial score (nSPS) is 11.6. The number of aromatic nitrogens is 2. The first-order valence-electron chi connectivity index (χ1n) is 6.09. The van der Waals surface area contributed by atoms with Gasteiger partial charge in [0.15, 0.2) is 0 Å². The predicted octanol–water partition coefficient (Wildman–Crippen LogP) is 1.91. The van der Waals surface area contributed by atoms with E-state index >= 15 is 0 Å². The van der Waals surface area contributed by atoms with Crippen molar-refractivity contribution in [1.82, 2.24) is 8.96 Å². The highest BCUT2D eigenvalue weighted by Crippen LogP contribution is 2.21. The van der Waals surface area contributed by atoms with Gasteiger partial charge in [0, 0.05) is 6.20 Å². The molecule has 106 valence electrons. The van der Waals surface area contributed by atoms with Crippen molar-refractivity contribution in [2.45, 2.75) is 4.90 Å². The summed E-state index contributed by atoms with van der Waals surface area (Å²) in [6.45, 7) is 0. The lowest BCUT2D eigenvalue weighted by molar-refractivity contribution is 0.589. The second kappa shape index (κ2) is 4.94. The van der Waals surface area contributed by atoms with Gasteiger partial charge in [0.25, 0.3) is 10.0 Å². The number of nitrogens with zero attached hydrogens (tertiary/aromatic N) is 2. The number of fused-ring (bicyclic) bond motifs is 1. The number of thiocarbonyl (C=S) groups is 1. The zero-order valence-corrected chi connectivity index (χ0v) is 12.4. The van der Waals surface area contributed by atoms with E-state index < -0.39 is 10.0 Å². The van der Waals surface area contributed by atoms with Crippen molar-refractivity contribution < 1.29 is 8.42 Å². The molecule has 0 spiro atoms. The fourth-order valence-corrected chi connectivity index (χ4v) is 3.52. The Balaban J connectivity index is 2.20. The van der Waals surface area contributed by atoms with E-state index in [0.717, 1.165) is 0 Å². The fraction of sp³-hybridized carbons (Fsp3) is 0. The van der Waals surface area contributed by atoms with Crippen LogP contribution in [-0.4, -0.2) is 22.4 Å². The number of hydrogen-bond acceptors (Lipinski definition) is 4. The summed E-state index contributed by atoms with van der Waals surface area (Å²) < 4.78 is 26.4. The van der Waals surface area contributed by atoms with Gasteiger partial charge in [-0.3, -0.25) is 0 Å². The van der Waals surface area contributed by atoms with E-state index in [4.69, 9.17) is 18.0 Å². The van der Waals surface area contributed by atoms with Crippen molar-refractivity contribution in [3.8, 4) is 0 Å². The number of pyridine rings is 1. The zero-order chi connectivity index (χ0) is 15.0. The molecule has 2 aromatic heterocycles. The minimum Gasteiger partial charge on any atom is -0.388 e. The molecule has 0 bridgehead atoms. The maximum Gasteiger partial charge on any atom is 0.268 e. The Morgan fingerprint density at radius 3 is 2.48 bits per heavy atom. The van der Waals surface area contributed by atoms with E-state index in [0.29, 0.717) is 16.7 Å². The monoisotopic (exact) mass is 317 g/mol. The Bertz CT molecular complexity index is 931. The van der Waals surface area contributed by atoms with E-state index in [-0.39, 0.29) is 9.88 Å². The Kier molecular flexibility index (Phi) is 3.23. The molecular weight excluding hydrogens is 306 g/mol. The van der Waals surface area contributed by atoms with E-state index in [9.17, 15) is 8.42 Å². The summed E-state index contributed by atoms with van der Waals surface area (Å²) in [6, 6.07) is 13.1. The average molecular weight is 317 g/mol. The molecular formula is C14H11N3O2S2. The van der Waals surface area contributed by atoms with Crippen molar-refractivity contribution in [1.29, 1.82) is 0 Å². The van der Waals surface area contributed by atoms with Crippen LogP contribution in [0.1, 0.15) is 5.69 Å². The summed E-state index contributed by atoms with van der Waals surface area (Å²) in [5, 5.41) is 0. The third-order valence-electron chi connectivity index (χ3n) is 3.06. The van der Waals surface area contributed by atoms with Crippen LogP contribution in [0.4, 0.5) is 0 Å². The topological polar surface area (TPSA) is 78.0 Å². The summed E-state index contributed by atoms with van der Waals surface area (Å²) in [4.78, 5) is 4.65. The second-order valence-corrected chi connectivity index (χ2v) is 6.65. The number of benzene rings is 1. The van der Waals surface area contributed by atoms with Crippen LogP contribution in [0.15, 0.2) is 59.6 Å². The highest BCUT2D eigenvalue weighted by molar-refractivity contribution is 7.90. The van der Waals surface area contributed by atoms with E-state index in [1.54, 1.807) is 48.5 Å². The molecule has 0 aliphatic heterocycles. The molecule has 0 amide bonds. The molecule has 0 aliphatic carbocycles. The first-order chi connectivity index (χ1) is 10.00. The molecule has 7 heteroatoms. The predicted molar refractivity (Wildman–Crippen MR) is 84.6 cm³/mol. The molecule has 0 atom stereocenters. The van der Waals surface area contributed by atoms with Crippen molar-refractivity contribution in [3.63, 3.8) is 0 Å². The van der Waals surface area contributed by atoms with Gasteiger partial charge in [-0.05, 0) is 30.3 Å². The first-order valence-corrected chi connectivity index (χ1v) is 7.93. The highest BCUT2D eigenvalue weighted by atomic mass is 32.2. The molecule has 0 saturated heterocycles. The van der Waals surface area contributed by atoms with Gasteiger partial charge in [-0.25, -0.2) is 17.4 Å². The molecule has 21 heavy (non-hydrogen) atoms. The number of hydrogen-bond donors (Lipinski definition) is 1. The smallest absolute Gasteiger partial charge is 0.268 e. The molecule has 0 aliphatic rings. The first kappa shape index (κ1) is 13.7. The van der Waals surface area contributed by atoms with Crippen molar-refractivity contribution in [3.05, 3.63) is 60.4 Å². The Morgan fingerprint density at radius 1 is 1.10 bits per heavy atom. The quantitative estimate of drug-likeness (QED) is 0.747. The van der Waals surface area contributed by atoms with Gasteiger partial charge in [0.1, 0.15) is 4.99 Å². The lowest BCUT2D eigenvalue weighted by Gasteiger charge is -2.07. The van der Waals surface area contributed by atoms with Crippen molar-refractivity contribution in [2.24, 2.45) is 5.73 Å². The number of rotatable bonds is 3. The van der Waals surface area contributed by atoms with Gasteiger partial charge >= 0.3 is 0 Å². The molecule has 2 N–H and O–H groups in total.